The maximum atomic E-state index is 13.2. The van der Waals surface area contributed by atoms with E-state index in [1.807, 2.05) is 0 Å². The lowest BCUT2D eigenvalue weighted by Crippen LogP contribution is -2.43. The Hall–Kier alpha value is -3.56. The van der Waals surface area contributed by atoms with Crippen LogP contribution in [-0.2, 0) is 21.6 Å². The van der Waals surface area contributed by atoms with Gasteiger partial charge in [0.15, 0.2) is 18.1 Å². The number of halogens is 3. The first-order valence-corrected chi connectivity index (χ1v) is 9.80. The molecule has 0 unspecified atom stereocenters. The van der Waals surface area contributed by atoms with Crippen molar-refractivity contribution in [1.29, 1.82) is 0 Å². The standard InChI is InChI=1S/C22H19F3N2O5/c1-29-17-11-13(3-8-16(17)31-21(24)25)19-26-18(32-27-19)12-30-20(28)22(9-2-10-22)14-4-6-15(23)7-5-14/h3-8,11,21H,2,9-10,12H2,1H3. The third kappa shape index (κ3) is 4.25. The summed E-state index contributed by atoms with van der Waals surface area (Å²) < 4.78 is 58.2. The van der Waals surface area contributed by atoms with Gasteiger partial charge >= 0.3 is 12.6 Å². The summed E-state index contributed by atoms with van der Waals surface area (Å²) in [5, 5.41) is 3.83. The zero-order valence-corrected chi connectivity index (χ0v) is 17.0. The van der Waals surface area contributed by atoms with Gasteiger partial charge in [-0.15, -0.1) is 0 Å². The highest BCUT2D eigenvalue weighted by atomic mass is 19.3. The van der Waals surface area contributed by atoms with Crippen molar-refractivity contribution in [2.24, 2.45) is 0 Å². The highest BCUT2D eigenvalue weighted by Gasteiger charge is 2.47. The van der Waals surface area contributed by atoms with Crippen LogP contribution in [-0.4, -0.2) is 29.8 Å². The maximum absolute atomic E-state index is 13.2. The Kier molecular flexibility index (Phi) is 6.02. The summed E-state index contributed by atoms with van der Waals surface area (Å²) in [6, 6.07) is 10.0. The summed E-state index contributed by atoms with van der Waals surface area (Å²) in [5.74, 6) is -0.642. The van der Waals surface area contributed by atoms with E-state index in [-0.39, 0.29) is 35.6 Å². The Morgan fingerprint density at radius 2 is 1.91 bits per heavy atom. The summed E-state index contributed by atoms with van der Waals surface area (Å²) in [6.07, 6.45) is 2.09. The second-order valence-corrected chi connectivity index (χ2v) is 7.27. The van der Waals surface area contributed by atoms with Crippen LogP contribution in [0.1, 0.15) is 30.7 Å². The molecule has 1 aliphatic carbocycles. The maximum Gasteiger partial charge on any atom is 0.387 e. The zero-order chi connectivity index (χ0) is 22.7. The predicted octanol–water partition coefficient (Wildman–Crippen LogP) is 4.65. The molecule has 7 nitrogen and oxygen atoms in total. The molecule has 1 aliphatic rings. The number of hydrogen-bond donors (Lipinski definition) is 0. The molecule has 0 saturated heterocycles. The Balaban J connectivity index is 1.44. The molecule has 10 heteroatoms. The van der Waals surface area contributed by atoms with E-state index in [0.717, 1.165) is 6.42 Å². The molecule has 0 aliphatic heterocycles. The van der Waals surface area contributed by atoms with Crippen molar-refractivity contribution in [3.63, 3.8) is 0 Å². The van der Waals surface area contributed by atoms with E-state index in [2.05, 4.69) is 14.9 Å². The van der Waals surface area contributed by atoms with E-state index in [1.165, 1.54) is 37.4 Å². The minimum Gasteiger partial charge on any atom is -0.493 e. The van der Waals surface area contributed by atoms with E-state index < -0.39 is 18.0 Å². The lowest BCUT2D eigenvalue weighted by molar-refractivity contribution is -0.156. The fourth-order valence-electron chi connectivity index (χ4n) is 3.61. The van der Waals surface area contributed by atoms with Crippen LogP contribution in [0.15, 0.2) is 47.0 Å². The molecule has 1 heterocycles. The molecule has 0 bridgehead atoms. The van der Waals surface area contributed by atoms with Crippen molar-refractivity contribution in [3.05, 3.63) is 59.7 Å². The summed E-state index contributed by atoms with van der Waals surface area (Å²) in [7, 11) is 1.32. The minimum atomic E-state index is -2.99. The van der Waals surface area contributed by atoms with Crippen LogP contribution in [0.5, 0.6) is 11.5 Å². The van der Waals surface area contributed by atoms with Crippen molar-refractivity contribution in [3.8, 4) is 22.9 Å². The third-order valence-corrected chi connectivity index (χ3v) is 5.43. The zero-order valence-electron chi connectivity index (χ0n) is 17.0. The molecule has 1 aromatic heterocycles. The summed E-state index contributed by atoms with van der Waals surface area (Å²) in [4.78, 5) is 17.0. The van der Waals surface area contributed by atoms with Crippen LogP contribution in [0.25, 0.3) is 11.4 Å². The van der Waals surface area contributed by atoms with Crippen LogP contribution < -0.4 is 9.47 Å². The monoisotopic (exact) mass is 448 g/mol. The van der Waals surface area contributed by atoms with Gasteiger partial charge in [-0.1, -0.05) is 23.7 Å². The summed E-state index contributed by atoms with van der Waals surface area (Å²) >= 11 is 0. The Morgan fingerprint density at radius 1 is 1.16 bits per heavy atom. The molecule has 0 atom stereocenters. The van der Waals surface area contributed by atoms with Gasteiger partial charge in [-0.3, -0.25) is 4.79 Å². The van der Waals surface area contributed by atoms with E-state index in [9.17, 15) is 18.0 Å². The topological polar surface area (TPSA) is 83.7 Å². The highest BCUT2D eigenvalue weighted by molar-refractivity contribution is 5.84. The van der Waals surface area contributed by atoms with E-state index in [1.54, 1.807) is 12.1 Å². The van der Waals surface area contributed by atoms with Gasteiger partial charge in [0.1, 0.15) is 5.82 Å². The van der Waals surface area contributed by atoms with Gasteiger partial charge in [0.2, 0.25) is 5.82 Å². The normalized spacial score (nSPS) is 14.7. The van der Waals surface area contributed by atoms with Gasteiger partial charge in [-0.05, 0) is 48.7 Å². The second-order valence-electron chi connectivity index (χ2n) is 7.27. The van der Waals surface area contributed by atoms with Crippen molar-refractivity contribution >= 4 is 5.97 Å². The van der Waals surface area contributed by atoms with Gasteiger partial charge in [-0.25, -0.2) is 4.39 Å². The van der Waals surface area contributed by atoms with Crippen LogP contribution in [0.2, 0.25) is 0 Å². The SMILES string of the molecule is COc1cc(-c2noc(COC(=O)C3(c4ccc(F)cc4)CCC3)n2)ccc1OC(F)F. The molecule has 1 saturated carbocycles. The number of ether oxygens (including phenoxy) is 3. The van der Waals surface area contributed by atoms with E-state index in [0.29, 0.717) is 24.0 Å². The second kappa shape index (κ2) is 8.89. The van der Waals surface area contributed by atoms with Gasteiger partial charge in [0, 0.05) is 5.56 Å². The molecule has 32 heavy (non-hydrogen) atoms. The fraction of sp³-hybridized carbons (Fsp3) is 0.318. The largest absolute Gasteiger partial charge is 0.493 e. The Bertz CT molecular complexity index is 1100. The number of carbonyl (C=O) groups is 1. The van der Waals surface area contributed by atoms with Crippen LogP contribution >= 0.6 is 0 Å². The van der Waals surface area contributed by atoms with Gasteiger partial charge in [-0.2, -0.15) is 13.8 Å². The molecule has 0 radical (unpaired) electrons. The molecule has 2 aromatic carbocycles. The number of aromatic nitrogens is 2. The van der Waals surface area contributed by atoms with E-state index >= 15 is 0 Å². The average Bonchev–Trinajstić information content (AvgIpc) is 3.22. The van der Waals surface area contributed by atoms with Gasteiger partial charge < -0.3 is 18.7 Å². The Morgan fingerprint density at radius 3 is 2.53 bits per heavy atom. The lowest BCUT2D eigenvalue weighted by atomic mass is 9.64. The van der Waals surface area contributed by atoms with Gasteiger partial charge in [0.25, 0.3) is 5.89 Å². The Labute approximate surface area is 181 Å². The minimum absolute atomic E-state index is 0.0637. The number of nitrogens with zero attached hydrogens (tertiary/aromatic N) is 2. The number of esters is 1. The average molecular weight is 448 g/mol. The molecule has 1 fully saturated rings. The number of carbonyl (C=O) groups excluding carboxylic acids is 1. The van der Waals surface area contributed by atoms with Crippen LogP contribution in [0.3, 0.4) is 0 Å². The number of alkyl halides is 2. The first-order chi connectivity index (χ1) is 15.4. The molecular weight excluding hydrogens is 429 g/mol. The number of benzene rings is 2. The number of methoxy groups -OCH3 is 1. The van der Waals surface area contributed by atoms with Crippen molar-refractivity contribution in [2.75, 3.05) is 7.11 Å². The van der Waals surface area contributed by atoms with Gasteiger partial charge in [0.05, 0.1) is 12.5 Å². The molecule has 3 aromatic rings. The van der Waals surface area contributed by atoms with Crippen molar-refractivity contribution in [2.45, 2.75) is 37.9 Å². The molecular formula is C22H19F3N2O5. The predicted molar refractivity (Wildman–Crippen MR) is 105 cm³/mol. The first kappa shape index (κ1) is 21.7. The fourth-order valence-corrected chi connectivity index (χ4v) is 3.61. The molecule has 168 valence electrons. The number of rotatable bonds is 8. The quantitative estimate of drug-likeness (QED) is 0.464. The van der Waals surface area contributed by atoms with Crippen LogP contribution in [0, 0.1) is 5.82 Å². The first-order valence-electron chi connectivity index (χ1n) is 9.80. The molecule has 0 amide bonds. The smallest absolute Gasteiger partial charge is 0.387 e. The molecule has 4 rings (SSSR count). The van der Waals surface area contributed by atoms with Crippen molar-refractivity contribution in [1.82, 2.24) is 10.1 Å². The molecule has 0 spiro atoms. The van der Waals surface area contributed by atoms with Crippen LogP contribution in [0.4, 0.5) is 13.2 Å². The summed E-state index contributed by atoms with van der Waals surface area (Å²) in [5.41, 5.74) is 0.343. The van der Waals surface area contributed by atoms with E-state index in [4.69, 9.17) is 14.0 Å². The third-order valence-electron chi connectivity index (χ3n) is 5.43. The highest BCUT2D eigenvalue weighted by Crippen LogP contribution is 2.45. The van der Waals surface area contributed by atoms with Crippen molar-refractivity contribution < 1.29 is 36.7 Å². The lowest BCUT2D eigenvalue weighted by Gasteiger charge is -2.39. The number of hydrogen-bond acceptors (Lipinski definition) is 7. The summed E-state index contributed by atoms with van der Waals surface area (Å²) in [6.45, 7) is -3.23. The molecule has 0 N–H and O–H groups in total.